The third-order valence-electron chi connectivity index (χ3n) is 4.29. The predicted octanol–water partition coefficient (Wildman–Crippen LogP) is 3.29. The number of amides is 2. The van der Waals surface area contributed by atoms with Gasteiger partial charge in [-0.3, -0.25) is 9.59 Å². The second kappa shape index (κ2) is 7.80. The number of nitrogens with one attached hydrogen (secondary N) is 1. The molecule has 140 valence electrons. The van der Waals surface area contributed by atoms with Gasteiger partial charge in [0.1, 0.15) is 18.2 Å². The lowest BCUT2D eigenvalue weighted by atomic mass is 10.1. The zero-order valence-electron chi connectivity index (χ0n) is 15.7. The van der Waals surface area contributed by atoms with Gasteiger partial charge in [-0.05, 0) is 49.2 Å². The lowest BCUT2D eigenvalue weighted by Gasteiger charge is -2.07. The normalized spacial score (nSPS) is 11.2. The molecule has 6 heteroatoms. The quantitative estimate of drug-likeness (QED) is 0.531. The summed E-state index contributed by atoms with van der Waals surface area (Å²) in [6, 6.07) is 15.1. The molecule has 2 amide bonds. The zero-order valence-corrected chi connectivity index (χ0v) is 15.7. The number of benzene rings is 2. The highest BCUT2D eigenvalue weighted by atomic mass is 16.2. The molecule has 0 aliphatic rings. The Morgan fingerprint density at radius 2 is 1.86 bits per heavy atom. The number of hydrogen-bond acceptors (Lipinski definition) is 3. The fourth-order valence-corrected chi connectivity index (χ4v) is 3.24. The molecule has 0 radical (unpaired) electrons. The van der Waals surface area contributed by atoms with Crippen molar-refractivity contribution in [1.29, 1.82) is 5.26 Å². The molecule has 1 aromatic heterocycles. The second-order valence-electron chi connectivity index (χ2n) is 6.70. The van der Waals surface area contributed by atoms with Gasteiger partial charge in [0.2, 0.25) is 5.91 Å². The van der Waals surface area contributed by atoms with Crippen molar-refractivity contribution in [3.63, 3.8) is 0 Å². The van der Waals surface area contributed by atoms with E-state index in [1.54, 1.807) is 10.8 Å². The molecule has 3 aromatic rings. The molecule has 0 aliphatic carbocycles. The van der Waals surface area contributed by atoms with Gasteiger partial charge < -0.3 is 15.6 Å². The van der Waals surface area contributed by atoms with E-state index in [0.29, 0.717) is 11.3 Å². The Hall–Kier alpha value is -3.85. The van der Waals surface area contributed by atoms with E-state index in [9.17, 15) is 14.9 Å². The molecule has 0 saturated heterocycles. The van der Waals surface area contributed by atoms with Gasteiger partial charge in [0.15, 0.2) is 0 Å². The van der Waals surface area contributed by atoms with Crippen LogP contribution in [0.5, 0.6) is 0 Å². The minimum Gasteiger partial charge on any atom is -0.368 e. The molecule has 0 bridgehead atoms. The van der Waals surface area contributed by atoms with Gasteiger partial charge in [0, 0.05) is 28.4 Å². The number of primary amides is 1. The first-order valence-electron chi connectivity index (χ1n) is 8.75. The molecule has 3 N–H and O–H groups in total. The fourth-order valence-electron chi connectivity index (χ4n) is 3.24. The zero-order chi connectivity index (χ0) is 20.3. The number of hydrogen-bond donors (Lipinski definition) is 2. The van der Waals surface area contributed by atoms with Crippen LogP contribution >= 0.6 is 0 Å². The number of aromatic nitrogens is 1. The number of nitrogens with zero attached hydrogens (tertiary/aromatic N) is 2. The molecule has 3 rings (SSSR count). The third-order valence-corrected chi connectivity index (χ3v) is 4.29. The molecule has 0 atom stereocenters. The van der Waals surface area contributed by atoms with Crippen LogP contribution in [0.4, 0.5) is 5.69 Å². The Morgan fingerprint density at radius 1 is 1.18 bits per heavy atom. The molecule has 0 saturated carbocycles. The summed E-state index contributed by atoms with van der Waals surface area (Å²) in [5.41, 5.74) is 9.45. The summed E-state index contributed by atoms with van der Waals surface area (Å²) in [6.07, 6.45) is 3.24. The van der Waals surface area contributed by atoms with E-state index in [-0.39, 0.29) is 12.1 Å². The first-order valence-corrected chi connectivity index (χ1v) is 8.75. The monoisotopic (exact) mass is 372 g/mol. The maximum absolute atomic E-state index is 12.6. The number of nitrogens with two attached hydrogens (primary N) is 1. The van der Waals surface area contributed by atoms with Gasteiger partial charge >= 0.3 is 0 Å². The second-order valence-corrected chi connectivity index (χ2v) is 6.70. The number of rotatable bonds is 5. The first-order chi connectivity index (χ1) is 13.4. The molecule has 0 spiro atoms. The molecule has 0 unspecified atom stereocenters. The van der Waals surface area contributed by atoms with Crippen molar-refractivity contribution in [1.82, 2.24) is 4.57 Å². The fraction of sp³-hybridized carbons (Fsp3) is 0.136. The van der Waals surface area contributed by atoms with Crippen molar-refractivity contribution >= 4 is 34.5 Å². The van der Waals surface area contributed by atoms with Crippen LogP contribution in [-0.4, -0.2) is 16.4 Å². The van der Waals surface area contributed by atoms with E-state index in [2.05, 4.69) is 5.32 Å². The van der Waals surface area contributed by atoms with Crippen LogP contribution in [0.1, 0.15) is 16.7 Å². The van der Waals surface area contributed by atoms with Crippen LogP contribution < -0.4 is 11.1 Å². The Labute approximate surface area is 162 Å². The van der Waals surface area contributed by atoms with Gasteiger partial charge in [-0.15, -0.1) is 0 Å². The third kappa shape index (κ3) is 4.10. The summed E-state index contributed by atoms with van der Waals surface area (Å²) in [5.74, 6) is -0.955. The largest absolute Gasteiger partial charge is 0.368 e. The minimum absolute atomic E-state index is 0.0189. The molecule has 1 heterocycles. The van der Waals surface area contributed by atoms with E-state index in [1.165, 1.54) is 6.08 Å². The average Bonchev–Trinajstić information content (AvgIpc) is 2.95. The van der Waals surface area contributed by atoms with Crippen molar-refractivity contribution in [2.24, 2.45) is 5.73 Å². The number of aryl methyl sites for hydroxylation is 2. The van der Waals surface area contributed by atoms with Gasteiger partial charge in [-0.25, -0.2) is 0 Å². The topological polar surface area (TPSA) is 101 Å². The lowest BCUT2D eigenvalue weighted by Crippen LogP contribution is -2.17. The molecular formula is C22H20N4O2. The van der Waals surface area contributed by atoms with Gasteiger partial charge in [-0.1, -0.05) is 24.3 Å². The number of anilines is 1. The van der Waals surface area contributed by atoms with Crippen molar-refractivity contribution in [3.05, 3.63) is 70.9 Å². The predicted molar refractivity (Wildman–Crippen MR) is 109 cm³/mol. The maximum Gasteiger partial charge on any atom is 0.266 e. The Kier molecular flexibility index (Phi) is 5.28. The number of carbonyl (C=O) groups is 2. The van der Waals surface area contributed by atoms with Gasteiger partial charge in [0.25, 0.3) is 5.91 Å². The highest BCUT2D eigenvalue weighted by Gasteiger charge is 2.13. The number of carbonyl (C=O) groups excluding carboxylic acids is 2. The average molecular weight is 372 g/mol. The number of nitriles is 1. The van der Waals surface area contributed by atoms with Crippen LogP contribution in [0.25, 0.3) is 17.0 Å². The molecular weight excluding hydrogens is 352 g/mol. The highest BCUT2D eigenvalue weighted by Crippen LogP contribution is 2.24. The lowest BCUT2D eigenvalue weighted by molar-refractivity contribution is -0.118. The van der Waals surface area contributed by atoms with Crippen LogP contribution in [0, 0.1) is 25.2 Å². The maximum atomic E-state index is 12.6. The van der Waals surface area contributed by atoms with E-state index in [4.69, 9.17) is 5.73 Å². The van der Waals surface area contributed by atoms with Crippen LogP contribution in [0.2, 0.25) is 0 Å². The smallest absolute Gasteiger partial charge is 0.266 e. The van der Waals surface area contributed by atoms with Crippen molar-refractivity contribution in [3.8, 4) is 6.07 Å². The van der Waals surface area contributed by atoms with Crippen molar-refractivity contribution in [2.75, 3.05) is 5.32 Å². The van der Waals surface area contributed by atoms with Crippen LogP contribution in [0.15, 0.2) is 54.2 Å². The van der Waals surface area contributed by atoms with Gasteiger partial charge in [-0.2, -0.15) is 5.26 Å². The summed E-state index contributed by atoms with van der Waals surface area (Å²) in [7, 11) is 0. The summed E-state index contributed by atoms with van der Waals surface area (Å²) in [5, 5.41) is 13.1. The summed E-state index contributed by atoms with van der Waals surface area (Å²) >= 11 is 0. The molecule has 0 fully saturated rings. The number of para-hydroxylation sites is 1. The molecule has 0 aliphatic heterocycles. The van der Waals surface area contributed by atoms with E-state index < -0.39 is 11.8 Å². The van der Waals surface area contributed by atoms with Crippen molar-refractivity contribution in [2.45, 2.75) is 20.4 Å². The Morgan fingerprint density at radius 3 is 2.50 bits per heavy atom. The highest BCUT2D eigenvalue weighted by molar-refractivity contribution is 6.10. The van der Waals surface area contributed by atoms with Crippen molar-refractivity contribution < 1.29 is 9.59 Å². The van der Waals surface area contributed by atoms with E-state index >= 15 is 0 Å². The minimum atomic E-state index is -0.487. The van der Waals surface area contributed by atoms with Crippen LogP contribution in [-0.2, 0) is 16.1 Å². The Bertz CT molecular complexity index is 1130. The van der Waals surface area contributed by atoms with Gasteiger partial charge in [0.05, 0.1) is 0 Å². The SMILES string of the molecule is Cc1cc(C)cc(NC(=O)C(C#N)=Cc2cn(CC(N)=O)c3ccccc23)c1. The van der Waals surface area contributed by atoms with E-state index in [1.807, 2.05) is 62.4 Å². The summed E-state index contributed by atoms with van der Waals surface area (Å²) in [6.45, 7) is 3.90. The molecule has 2 aromatic carbocycles. The summed E-state index contributed by atoms with van der Waals surface area (Å²) in [4.78, 5) is 23.9. The standard InChI is InChI=1S/C22H20N4O2/c1-14-7-15(2)9-18(8-14)25-22(28)16(11-23)10-17-12-26(13-21(24)27)20-6-4-3-5-19(17)20/h3-10,12H,13H2,1-2H3,(H2,24,27)(H,25,28). The molecule has 6 nitrogen and oxygen atoms in total. The number of fused-ring (bicyclic) bond motifs is 1. The first kappa shape index (κ1) is 18.9. The molecule has 28 heavy (non-hydrogen) atoms. The summed E-state index contributed by atoms with van der Waals surface area (Å²) < 4.78 is 1.71. The van der Waals surface area contributed by atoms with E-state index in [0.717, 1.165) is 22.0 Å². The Balaban J connectivity index is 1.97. The van der Waals surface area contributed by atoms with Crippen LogP contribution in [0.3, 0.4) is 0 Å².